The van der Waals surface area contributed by atoms with Gasteiger partial charge in [-0.05, 0) is 20.8 Å². The zero-order valence-electron chi connectivity index (χ0n) is 11.7. The second-order valence-corrected chi connectivity index (χ2v) is 5.40. The monoisotopic (exact) mass is 261 g/mol. The summed E-state index contributed by atoms with van der Waals surface area (Å²) in [4.78, 5) is 8.53. The van der Waals surface area contributed by atoms with Crippen molar-refractivity contribution in [1.29, 1.82) is 0 Å². The molecule has 0 amide bonds. The lowest BCUT2D eigenvalue weighted by atomic mass is 10.1. The summed E-state index contributed by atoms with van der Waals surface area (Å²) in [5.41, 5.74) is 0.887. The summed E-state index contributed by atoms with van der Waals surface area (Å²) >= 11 is 0. The third kappa shape index (κ3) is 4.33. The molecule has 0 aliphatic carbocycles. The van der Waals surface area contributed by atoms with Gasteiger partial charge in [0, 0.05) is 25.3 Å². The fraction of sp³-hybridized carbons (Fsp3) is 0.462. The van der Waals surface area contributed by atoms with Crippen molar-refractivity contribution in [3.63, 3.8) is 0 Å². The molecular weight excluding hydrogens is 242 g/mol. The minimum atomic E-state index is 0.0435. The number of aromatic nitrogens is 4. The van der Waals surface area contributed by atoms with E-state index in [2.05, 4.69) is 41.2 Å². The van der Waals surface area contributed by atoms with Crippen molar-refractivity contribution in [3.05, 3.63) is 30.5 Å². The summed E-state index contributed by atoms with van der Waals surface area (Å²) in [5, 5.41) is 7.39. The molecule has 19 heavy (non-hydrogen) atoms. The van der Waals surface area contributed by atoms with E-state index >= 15 is 0 Å². The first-order valence-electron chi connectivity index (χ1n) is 6.15. The predicted octanol–water partition coefficient (Wildman–Crippen LogP) is 1.89. The molecule has 2 rings (SSSR count). The molecule has 0 saturated heterocycles. The summed E-state index contributed by atoms with van der Waals surface area (Å²) in [6.45, 7) is 6.98. The Balaban J connectivity index is 2.02. The first-order chi connectivity index (χ1) is 8.92. The lowest BCUT2D eigenvalue weighted by Crippen LogP contribution is -2.35. The third-order valence-electron chi connectivity index (χ3n) is 2.37. The van der Waals surface area contributed by atoms with Gasteiger partial charge in [0.05, 0.1) is 24.3 Å². The average molecular weight is 261 g/mol. The second kappa shape index (κ2) is 5.36. The van der Waals surface area contributed by atoms with Crippen LogP contribution in [-0.4, -0.2) is 25.3 Å². The molecule has 0 saturated carbocycles. The molecule has 1 N–H and O–H groups in total. The largest absolute Gasteiger partial charge is 0.434 e. The van der Waals surface area contributed by atoms with Crippen LogP contribution in [0.4, 0.5) is 0 Å². The van der Waals surface area contributed by atoms with Gasteiger partial charge in [-0.1, -0.05) is 0 Å². The summed E-state index contributed by atoms with van der Waals surface area (Å²) in [7, 11) is 1.84. The topological polar surface area (TPSA) is 64.9 Å². The Morgan fingerprint density at radius 2 is 2.05 bits per heavy atom. The van der Waals surface area contributed by atoms with E-state index in [1.165, 1.54) is 0 Å². The van der Waals surface area contributed by atoms with Crippen molar-refractivity contribution in [2.75, 3.05) is 0 Å². The van der Waals surface area contributed by atoms with Crippen molar-refractivity contribution in [3.8, 4) is 11.6 Å². The van der Waals surface area contributed by atoms with Crippen LogP contribution in [-0.2, 0) is 13.6 Å². The maximum atomic E-state index is 5.59. The smallest absolute Gasteiger partial charge is 0.238 e. The lowest BCUT2D eigenvalue weighted by Gasteiger charge is -2.20. The molecule has 0 spiro atoms. The Morgan fingerprint density at radius 3 is 2.68 bits per heavy atom. The van der Waals surface area contributed by atoms with Gasteiger partial charge in [0.25, 0.3) is 0 Å². The Labute approximate surface area is 112 Å². The number of ether oxygens (including phenoxy) is 1. The number of nitrogens with one attached hydrogen (secondary N) is 1. The second-order valence-electron chi connectivity index (χ2n) is 5.40. The number of hydrogen-bond donors (Lipinski definition) is 1. The van der Waals surface area contributed by atoms with E-state index in [-0.39, 0.29) is 5.54 Å². The van der Waals surface area contributed by atoms with Gasteiger partial charge in [0.15, 0.2) is 5.75 Å². The fourth-order valence-corrected chi connectivity index (χ4v) is 1.45. The summed E-state index contributed by atoms with van der Waals surface area (Å²) in [6, 6.07) is 0. The van der Waals surface area contributed by atoms with Gasteiger partial charge in [-0.25, -0.2) is 4.98 Å². The predicted molar refractivity (Wildman–Crippen MR) is 71.9 cm³/mol. The van der Waals surface area contributed by atoms with Gasteiger partial charge in [-0.15, -0.1) is 0 Å². The van der Waals surface area contributed by atoms with Crippen LogP contribution in [0.5, 0.6) is 11.6 Å². The summed E-state index contributed by atoms with van der Waals surface area (Å²) < 4.78 is 7.26. The molecule has 0 aliphatic rings. The van der Waals surface area contributed by atoms with Gasteiger partial charge in [-0.3, -0.25) is 9.67 Å². The first-order valence-corrected chi connectivity index (χ1v) is 6.15. The quantitative estimate of drug-likeness (QED) is 0.910. The van der Waals surface area contributed by atoms with Crippen LogP contribution in [0.25, 0.3) is 0 Å². The fourth-order valence-electron chi connectivity index (χ4n) is 1.45. The van der Waals surface area contributed by atoms with E-state index in [0.29, 0.717) is 18.2 Å². The number of nitrogens with zero attached hydrogens (tertiary/aromatic N) is 4. The molecule has 6 nitrogen and oxygen atoms in total. The maximum absolute atomic E-state index is 5.59. The molecule has 0 aromatic carbocycles. The molecular formula is C13H19N5O. The van der Waals surface area contributed by atoms with Crippen LogP contribution >= 0.6 is 0 Å². The highest BCUT2D eigenvalue weighted by molar-refractivity contribution is 5.20. The minimum Gasteiger partial charge on any atom is -0.434 e. The number of aryl methyl sites for hydroxylation is 1. The molecule has 0 aliphatic heterocycles. The standard InChI is InChI=1S/C13H19N5O/c1-13(2,3)15-6-10-5-14-8-12(17-10)19-11-7-16-18(4)9-11/h5,7-9,15H,6H2,1-4H3. The van der Waals surface area contributed by atoms with Gasteiger partial charge in [-0.2, -0.15) is 5.10 Å². The van der Waals surface area contributed by atoms with E-state index in [9.17, 15) is 0 Å². The first kappa shape index (κ1) is 13.5. The van der Waals surface area contributed by atoms with E-state index in [0.717, 1.165) is 5.69 Å². The Hall–Kier alpha value is -1.95. The molecule has 0 fully saturated rings. The highest BCUT2D eigenvalue weighted by Crippen LogP contribution is 2.17. The molecule has 0 unspecified atom stereocenters. The molecule has 2 aromatic rings. The molecule has 2 heterocycles. The van der Waals surface area contributed by atoms with E-state index < -0.39 is 0 Å². The van der Waals surface area contributed by atoms with Crippen LogP contribution in [0.2, 0.25) is 0 Å². The van der Waals surface area contributed by atoms with E-state index in [1.807, 2.05) is 7.05 Å². The van der Waals surface area contributed by atoms with Gasteiger partial charge < -0.3 is 10.1 Å². The van der Waals surface area contributed by atoms with Crippen molar-refractivity contribution in [1.82, 2.24) is 25.1 Å². The van der Waals surface area contributed by atoms with Crippen molar-refractivity contribution in [2.45, 2.75) is 32.9 Å². The molecule has 0 radical (unpaired) electrons. The van der Waals surface area contributed by atoms with Crippen LogP contribution in [0, 0.1) is 0 Å². The van der Waals surface area contributed by atoms with Gasteiger partial charge >= 0.3 is 0 Å². The highest BCUT2D eigenvalue weighted by atomic mass is 16.5. The van der Waals surface area contributed by atoms with Crippen LogP contribution in [0.1, 0.15) is 26.5 Å². The van der Waals surface area contributed by atoms with Crippen LogP contribution in [0.3, 0.4) is 0 Å². The molecule has 2 aromatic heterocycles. The zero-order chi connectivity index (χ0) is 13.9. The maximum Gasteiger partial charge on any atom is 0.238 e. The minimum absolute atomic E-state index is 0.0435. The molecule has 0 bridgehead atoms. The third-order valence-corrected chi connectivity index (χ3v) is 2.37. The van der Waals surface area contributed by atoms with Gasteiger partial charge in [0.1, 0.15) is 0 Å². The van der Waals surface area contributed by atoms with Gasteiger partial charge in [0.2, 0.25) is 5.88 Å². The number of rotatable bonds is 4. The number of hydrogen-bond acceptors (Lipinski definition) is 5. The Morgan fingerprint density at radius 1 is 1.26 bits per heavy atom. The van der Waals surface area contributed by atoms with Crippen molar-refractivity contribution >= 4 is 0 Å². The van der Waals surface area contributed by atoms with Crippen molar-refractivity contribution < 1.29 is 4.74 Å². The average Bonchev–Trinajstić information content (AvgIpc) is 2.72. The zero-order valence-corrected chi connectivity index (χ0v) is 11.7. The molecule has 6 heteroatoms. The summed E-state index contributed by atoms with van der Waals surface area (Å²) in [6.07, 6.45) is 6.74. The molecule has 102 valence electrons. The van der Waals surface area contributed by atoms with E-state index in [1.54, 1.807) is 29.5 Å². The highest BCUT2D eigenvalue weighted by Gasteiger charge is 2.10. The van der Waals surface area contributed by atoms with Crippen molar-refractivity contribution in [2.24, 2.45) is 7.05 Å². The Bertz CT molecular complexity index is 544. The lowest BCUT2D eigenvalue weighted by molar-refractivity contribution is 0.414. The van der Waals surface area contributed by atoms with Crippen LogP contribution < -0.4 is 10.1 Å². The van der Waals surface area contributed by atoms with E-state index in [4.69, 9.17) is 4.74 Å². The van der Waals surface area contributed by atoms with Crippen LogP contribution in [0.15, 0.2) is 24.8 Å². The SMILES string of the molecule is Cn1cc(Oc2cncc(CNC(C)(C)C)n2)cn1. The normalized spacial score (nSPS) is 11.6. The Kier molecular flexibility index (Phi) is 3.80. The summed E-state index contributed by atoms with van der Waals surface area (Å²) in [5.74, 6) is 1.12. The molecule has 0 atom stereocenters.